The van der Waals surface area contributed by atoms with E-state index in [1.54, 1.807) is 6.92 Å². The molecule has 16 heavy (non-hydrogen) atoms. The standard InChI is InChI=1S/C10H12F2N2O.ClH/c1-6(14-10(15)5-13)8-3-2-7(11)4-9(8)12;/h2-4,6H,5,13H2,1H3,(H,14,15);1H/t6-;/m1./s1. The second-order valence-electron chi connectivity index (χ2n) is 3.16. The van der Waals surface area contributed by atoms with E-state index in [9.17, 15) is 13.6 Å². The lowest BCUT2D eigenvalue weighted by Gasteiger charge is -2.14. The minimum atomic E-state index is -0.681. The third kappa shape index (κ3) is 3.75. The van der Waals surface area contributed by atoms with Crippen LogP contribution in [0.1, 0.15) is 18.5 Å². The lowest BCUT2D eigenvalue weighted by molar-refractivity contribution is -0.120. The van der Waals surface area contributed by atoms with Crippen LogP contribution in [0.15, 0.2) is 18.2 Å². The molecule has 0 aliphatic carbocycles. The Hall–Kier alpha value is -1.20. The summed E-state index contributed by atoms with van der Waals surface area (Å²) in [5.41, 5.74) is 5.33. The lowest BCUT2D eigenvalue weighted by Crippen LogP contribution is -2.32. The van der Waals surface area contributed by atoms with Crippen LogP contribution in [0.25, 0.3) is 0 Å². The van der Waals surface area contributed by atoms with Crippen molar-refractivity contribution in [1.82, 2.24) is 5.32 Å². The summed E-state index contributed by atoms with van der Waals surface area (Å²) < 4.78 is 25.8. The molecule has 1 amide bonds. The molecule has 0 aliphatic heterocycles. The van der Waals surface area contributed by atoms with Gasteiger partial charge in [0.15, 0.2) is 0 Å². The summed E-state index contributed by atoms with van der Waals surface area (Å²) in [5, 5.41) is 2.48. The Morgan fingerprint density at radius 1 is 1.50 bits per heavy atom. The number of nitrogens with two attached hydrogens (primary N) is 1. The zero-order valence-corrected chi connectivity index (χ0v) is 9.48. The first-order valence-electron chi connectivity index (χ1n) is 4.49. The van der Waals surface area contributed by atoms with Crippen molar-refractivity contribution in [2.45, 2.75) is 13.0 Å². The first-order valence-corrected chi connectivity index (χ1v) is 4.49. The molecule has 0 aromatic heterocycles. The second-order valence-corrected chi connectivity index (χ2v) is 3.16. The molecule has 3 nitrogen and oxygen atoms in total. The van der Waals surface area contributed by atoms with E-state index >= 15 is 0 Å². The van der Waals surface area contributed by atoms with Crippen LogP contribution in [-0.4, -0.2) is 12.5 Å². The summed E-state index contributed by atoms with van der Waals surface area (Å²) in [6, 6.07) is 2.69. The molecule has 1 aromatic carbocycles. The largest absolute Gasteiger partial charge is 0.348 e. The number of hydrogen-bond acceptors (Lipinski definition) is 2. The van der Waals surface area contributed by atoms with Crippen molar-refractivity contribution in [2.24, 2.45) is 5.73 Å². The molecule has 6 heteroatoms. The van der Waals surface area contributed by atoms with Crippen molar-refractivity contribution in [2.75, 3.05) is 6.54 Å². The molecule has 0 aliphatic rings. The smallest absolute Gasteiger partial charge is 0.234 e. The van der Waals surface area contributed by atoms with Gasteiger partial charge in [-0.05, 0) is 13.0 Å². The fourth-order valence-corrected chi connectivity index (χ4v) is 1.23. The molecule has 0 heterocycles. The minimum absolute atomic E-state index is 0. The zero-order chi connectivity index (χ0) is 11.4. The molecular formula is C10H13ClF2N2O. The molecule has 0 bridgehead atoms. The summed E-state index contributed by atoms with van der Waals surface area (Å²) in [6.07, 6.45) is 0. The molecule has 0 unspecified atom stereocenters. The van der Waals surface area contributed by atoms with E-state index in [2.05, 4.69) is 5.32 Å². The Labute approximate surface area is 98.4 Å². The molecule has 1 rings (SSSR count). The molecule has 0 radical (unpaired) electrons. The molecule has 0 saturated heterocycles. The monoisotopic (exact) mass is 250 g/mol. The summed E-state index contributed by atoms with van der Waals surface area (Å²) in [7, 11) is 0. The van der Waals surface area contributed by atoms with Gasteiger partial charge in [0, 0.05) is 11.6 Å². The molecule has 90 valence electrons. The van der Waals surface area contributed by atoms with Gasteiger partial charge < -0.3 is 11.1 Å². The van der Waals surface area contributed by atoms with Crippen LogP contribution in [0.2, 0.25) is 0 Å². The van der Waals surface area contributed by atoms with Crippen LogP contribution in [0.5, 0.6) is 0 Å². The van der Waals surface area contributed by atoms with E-state index < -0.39 is 17.7 Å². The van der Waals surface area contributed by atoms with Gasteiger partial charge in [0.1, 0.15) is 11.6 Å². The normalized spacial score (nSPS) is 11.5. The summed E-state index contributed by atoms with van der Waals surface area (Å²) in [5.74, 6) is -1.71. The highest BCUT2D eigenvalue weighted by Gasteiger charge is 2.13. The van der Waals surface area contributed by atoms with E-state index in [0.29, 0.717) is 0 Å². The number of amides is 1. The maximum Gasteiger partial charge on any atom is 0.234 e. The lowest BCUT2D eigenvalue weighted by atomic mass is 10.1. The number of benzene rings is 1. The average molecular weight is 251 g/mol. The number of rotatable bonds is 3. The van der Waals surface area contributed by atoms with Crippen molar-refractivity contribution in [3.63, 3.8) is 0 Å². The number of halogens is 3. The third-order valence-electron chi connectivity index (χ3n) is 1.99. The maximum atomic E-state index is 13.2. The van der Waals surface area contributed by atoms with E-state index in [0.717, 1.165) is 12.1 Å². The van der Waals surface area contributed by atoms with Crippen LogP contribution < -0.4 is 11.1 Å². The maximum absolute atomic E-state index is 13.2. The fourth-order valence-electron chi connectivity index (χ4n) is 1.23. The van der Waals surface area contributed by atoms with Gasteiger partial charge in [-0.1, -0.05) is 6.07 Å². The van der Waals surface area contributed by atoms with Gasteiger partial charge in [-0.25, -0.2) is 8.78 Å². The Morgan fingerprint density at radius 2 is 2.12 bits per heavy atom. The van der Waals surface area contributed by atoms with Crippen molar-refractivity contribution < 1.29 is 13.6 Å². The Morgan fingerprint density at radius 3 is 2.62 bits per heavy atom. The second kappa shape index (κ2) is 6.40. The predicted octanol–water partition coefficient (Wildman–Crippen LogP) is 1.52. The van der Waals surface area contributed by atoms with Gasteiger partial charge in [0.25, 0.3) is 0 Å². The van der Waals surface area contributed by atoms with Crippen LogP contribution in [0.3, 0.4) is 0 Å². The average Bonchev–Trinajstić information content (AvgIpc) is 2.17. The van der Waals surface area contributed by atoms with E-state index in [-0.39, 0.29) is 30.4 Å². The summed E-state index contributed by atoms with van der Waals surface area (Å²) in [6.45, 7) is 1.44. The van der Waals surface area contributed by atoms with Gasteiger partial charge in [0.05, 0.1) is 12.6 Å². The Bertz CT molecular complexity index is 374. The quantitative estimate of drug-likeness (QED) is 0.855. The van der Waals surface area contributed by atoms with Gasteiger partial charge in [0.2, 0.25) is 5.91 Å². The summed E-state index contributed by atoms with van der Waals surface area (Å²) in [4.78, 5) is 10.9. The molecular weight excluding hydrogens is 238 g/mol. The van der Waals surface area contributed by atoms with Crippen LogP contribution >= 0.6 is 12.4 Å². The molecule has 0 saturated carbocycles. The molecule has 0 spiro atoms. The van der Waals surface area contributed by atoms with Gasteiger partial charge in [-0.3, -0.25) is 4.79 Å². The van der Waals surface area contributed by atoms with Gasteiger partial charge in [-0.15, -0.1) is 12.4 Å². The van der Waals surface area contributed by atoms with E-state index in [1.807, 2.05) is 0 Å². The summed E-state index contributed by atoms with van der Waals surface area (Å²) >= 11 is 0. The molecule has 1 atom stereocenters. The highest BCUT2D eigenvalue weighted by Crippen LogP contribution is 2.17. The van der Waals surface area contributed by atoms with Crippen molar-refractivity contribution in [3.8, 4) is 0 Å². The van der Waals surface area contributed by atoms with Crippen molar-refractivity contribution in [1.29, 1.82) is 0 Å². The highest BCUT2D eigenvalue weighted by atomic mass is 35.5. The topological polar surface area (TPSA) is 55.1 Å². The van der Waals surface area contributed by atoms with Gasteiger partial charge in [-0.2, -0.15) is 0 Å². The molecule has 1 aromatic rings. The number of nitrogens with one attached hydrogen (secondary N) is 1. The zero-order valence-electron chi connectivity index (χ0n) is 8.67. The van der Waals surface area contributed by atoms with Crippen molar-refractivity contribution in [3.05, 3.63) is 35.4 Å². The highest BCUT2D eigenvalue weighted by molar-refractivity contribution is 5.85. The van der Waals surface area contributed by atoms with Crippen LogP contribution in [0.4, 0.5) is 8.78 Å². The van der Waals surface area contributed by atoms with Crippen LogP contribution in [-0.2, 0) is 4.79 Å². The number of carbonyl (C=O) groups is 1. The van der Waals surface area contributed by atoms with Crippen molar-refractivity contribution >= 4 is 18.3 Å². The Balaban J connectivity index is 0.00000225. The first kappa shape index (κ1) is 14.8. The number of carbonyl (C=O) groups excluding carboxylic acids is 1. The molecule has 0 fully saturated rings. The number of hydrogen-bond donors (Lipinski definition) is 2. The Kier molecular flexibility index (Phi) is 5.92. The van der Waals surface area contributed by atoms with E-state index in [4.69, 9.17) is 5.73 Å². The fraction of sp³-hybridized carbons (Fsp3) is 0.300. The van der Waals surface area contributed by atoms with Crippen LogP contribution in [0, 0.1) is 11.6 Å². The minimum Gasteiger partial charge on any atom is -0.348 e. The molecule has 3 N–H and O–H groups in total. The first-order chi connectivity index (χ1) is 7.04. The van der Waals surface area contributed by atoms with E-state index in [1.165, 1.54) is 6.07 Å². The third-order valence-corrected chi connectivity index (χ3v) is 1.99. The predicted molar refractivity (Wildman–Crippen MR) is 59.2 cm³/mol. The SMILES string of the molecule is C[C@@H](NC(=O)CN)c1ccc(F)cc1F.Cl. The van der Waals surface area contributed by atoms with Gasteiger partial charge >= 0.3 is 0 Å².